The van der Waals surface area contributed by atoms with Crippen LogP contribution < -0.4 is 5.73 Å². The molecule has 1 atom stereocenters. The molecule has 3 aromatic rings. The molecule has 102 valence electrons. The van der Waals surface area contributed by atoms with Gasteiger partial charge in [-0.2, -0.15) is 0 Å². The van der Waals surface area contributed by atoms with Gasteiger partial charge in [0.05, 0.1) is 0 Å². The Balaban J connectivity index is 1.82. The van der Waals surface area contributed by atoms with Crippen molar-refractivity contribution >= 4 is 21.4 Å². The third-order valence-electron chi connectivity index (χ3n) is 3.82. The van der Waals surface area contributed by atoms with E-state index in [9.17, 15) is 0 Å². The fourth-order valence-corrected chi connectivity index (χ4v) is 3.52. The molecule has 2 heteroatoms. The summed E-state index contributed by atoms with van der Waals surface area (Å²) in [5.41, 5.74) is 10.3. The van der Waals surface area contributed by atoms with Crippen LogP contribution in [0.4, 0.5) is 0 Å². The first-order valence-corrected chi connectivity index (χ1v) is 7.95. The van der Waals surface area contributed by atoms with Gasteiger partial charge in [0.1, 0.15) is 0 Å². The average molecular weight is 281 g/mol. The predicted molar refractivity (Wildman–Crippen MR) is 88.3 cm³/mol. The minimum atomic E-state index is 0.0684. The van der Waals surface area contributed by atoms with Gasteiger partial charge in [0, 0.05) is 10.7 Å². The molecule has 1 nitrogen and oxygen atoms in total. The van der Waals surface area contributed by atoms with Gasteiger partial charge in [-0.1, -0.05) is 49.4 Å². The van der Waals surface area contributed by atoms with E-state index >= 15 is 0 Å². The van der Waals surface area contributed by atoms with E-state index in [4.69, 9.17) is 5.73 Å². The summed E-state index contributed by atoms with van der Waals surface area (Å²) in [6.45, 7) is 2.17. The van der Waals surface area contributed by atoms with Crippen LogP contribution in [0.2, 0.25) is 0 Å². The van der Waals surface area contributed by atoms with E-state index in [2.05, 4.69) is 60.8 Å². The fourth-order valence-electron chi connectivity index (χ4n) is 2.55. The topological polar surface area (TPSA) is 26.0 Å². The Hall–Kier alpha value is -1.64. The molecule has 1 heterocycles. The highest BCUT2D eigenvalue weighted by atomic mass is 32.1. The number of fused-ring (bicyclic) bond motifs is 1. The van der Waals surface area contributed by atoms with Crippen molar-refractivity contribution in [2.45, 2.75) is 25.8 Å². The highest BCUT2D eigenvalue weighted by Crippen LogP contribution is 2.28. The van der Waals surface area contributed by atoms with E-state index in [0.29, 0.717) is 0 Å². The summed E-state index contributed by atoms with van der Waals surface area (Å²) >= 11 is 1.80. The molecule has 0 amide bonds. The summed E-state index contributed by atoms with van der Waals surface area (Å²) in [6.07, 6.45) is 1.97. The molecular weight excluding hydrogens is 262 g/mol. The Labute approximate surface area is 124 Å². The molecule has 0 aliphatic rings. The lowest BCUT2D eigenvalue weighted by atomic mass is 9.98. The van der Waals surface area contributed by atoms with Gasteiger partial charge in [-0.15, -0.1) is 11.3 Å². The lowest BCUT2D eigenvalue weighted by molar-refractivity contribution is 0.726. The number of thiophene rings is 1. The Bertz CT molecular complexity index is 697. The minimum absolute atomic E-state index is 0.0684. The maximum atomic E-state index is 6.37. The van der Waals surface area contributed by atoms with Gasteiger partial charge in [-0.25, -0.2) is 0 Å². The SMILES string of the molecule is CCc1ccc(C(N)Cc2csc3ccccc23)cc1. The molecule has 0 fully saturated rings. The second-order valence-electron chi connectivity index (χ2n) is 5.16. The molecule has 0 aliphatic carbocycles. The van der Waals surface area contributed by atoms with Crippen molar-refractivity contribution in [3.63, 3.8) is 0 Å². The molecule has 20 heavy (non-hydrogen) atoms. The lowest BCUT2D eigenvalue weighted by Crippen LogP contribution is -2.13. The summed E-state index contributed by atoms with van der Waals surface area (Å²) in [5, 5.41) is 3.59. The van der Waals surface area contributed by atoms with Crippen molar-refractivity contribution in [1.82, 2.24) is 0 Å². The van der Waals surface area contributed by atoms with E-state index in [1.165, 1.54) is 26.8 Å². The monoisotopic (exact) mass is 281 g/mol. The summed E-state index contributed by atoms with van der Waals surface area (Å²) in [5.74, 6) is 0. The molecule has 0 saturated heterocycles. The second-order valence-corrected chi connectivity index (χ2v) is 6.07. The number of hydrogen-bond donors (Lipinski definition) is 1. The molecule has 0 radical (unpaired) electrons. The first-order chi connectivity index (χ1) is 9.78. The van der Waals surface area contributed by atoms with Crippen molar-refractivity contribution in [2.24, 2.45) is 5.73 Å². The van der Waals surface area contributed by atoms with Crippen molar-refractivity contribution < 1.29 is 0 Å². The van der Waals surface area contributed by atoms with Crippen LogP contribution in [-0.2, 0) is 12.8 Å². The maximum Gasteiger partial charge on any atom is 0.0345 e. The third-order valence-corrected chi connectivity index (χ3v) is 4.83. The summed E-state index contributed by atoms with van der Waals surface area (Å²) < 4.78 is 1.34. The zero-order chi connectivity index (χ0) is 13.9. The number of benzene rings is 2. The molecule has 0 bridgehead atoms. The van der Waals surface area contributed by atoms with E-state index in [1.807, 2.05) is 0 Å². The van der Waals surface area contributed by atoms with Crippen LogP contribution in [0, 0.1) is 0 Å². The van der Waals surface area contributed by atoms with Crippen LogP contribution in [0.25, 0.3) is 10.1 Å². The zero-order valence-corrected chi connectivity index (χ0v) is 12.5. The Morgan fingerprint density at radius 1 is 1.05 bits per heavy atom. The highest BCUT2D eigenvalue weighted by Gasteiger charge is 2.10. The second kappa shape index (κ2) is 5.78. The van der Waals surface area contributed by atoms with E-state index in [-0.39, 0.29) is 6.04 Å². The number of nitrogens with two attached hydrogens (primary N) is 1. The molecule has 0 saturated carbocycles. The highest BCUT2D eigenvalue weighted by molar-refractivity contribution is 7.17. The third kappa shape index (κ3) is 2.62. The number of aryl methyl sites for hydroxylation is 1. The van der Waals surface area contributed by atoms with Crippen LogP contribution in [0.5, 0.6) is 0 Å². The van der Waals surface area contributed by atoms with Crippen molar-refractivity contribution in [1.29, 1.82) is 0 Å². The first-order valence-electron chi connectivity index (χ1n) is 7.07. The normalized spacial score (nSPS) is 12.7. The van der Waals surface area contributed by atoms with Gasteiger partial charge < -0.3 is 5.73 Å². The van der Waals surface area contributed by atoms with Crippen molar-refractivity contribution in [2.75, 3.05) is 0 Å². The molecule has 0 spiro atoms. The average Bonchev–Trinajstić information content (AvgIpc) is 2.91. The predicted octanol–water partition coefficient (Wildman–Crippen LogP) is 4.71. The largest absolute Gasteiger partial charge is 0.324 e. The number of hydrogen-bond acceptors (Lipinski definition) is 2. The van der Waals surface area contributed by atoms with Gasteiger partial charge in [-0.05, 0) is 46.4 Å². The Morgan fingerprint density at radius 3 is 2.55 bits per heavy atom. The van der Waals surface area contributed by atoms with Crippen LogP contribution in [-0.4, -0.2) is 0 Å². The first kappa shape index (κ1) is 13.3. The van der Waals surface area contributed by atoms with Crippen LogP contribution in [0.3, 0.4) is 0 Å². The van der Waals surface area contributed by atoms with Crippen molar-refractivity contribution in [3.8, 4) is 0 Å². The van der Waals surface area contributed by atoms with Gasteiger partial charge in [0.15, 0.2) is 0 Å². The summed E-state index contributed by atoms with van der Waals surface area (Å²) in [7, 11) is 0. The lowest BCUT2D eigenvalue weighted by Gasteiger charge is -2.12. The van der Waals surface area contributed by atoms with Crippen LogP contribution in [0.1, 0.15) is 29.7 Å². The minimum Gasteiger partial charge on any atom is -0.324 e. The molecule has 1 unspecified atom stereocenters. The molecule has 2 N–H and O–H groups in total. The standard InChI is InChI=1S/C18H19NS/c1-2-13-7-9-14(10-8-13)17(19)11-15-12-20-18-6-4-3-5-16(15)18/h3-10,12,17H,2,11,19H2,1H3. The van der Waals surface area contributed by atoms with E-state index in [0.717, 1.165) is 12.8 Å². The zero-order valence-electron chi connectivity index (χ0n) is 11.7. The molecule has 0 aliphatic heterocycles. The van der Waals surface area contributed by atoms with Crippen LogP contribution in [0.15, 0.2) is 53.9 Å². The smallest absolute Gasteiger partial charge is 0.0345 e. The van der Waals surface area contributed by atoms with E-state index in [1.54, 1.807) is 11.3 Å². The Kier molecular flexibility index (Phi) is 3.86. The van der Waals surface area contributed by atoms with Crippen LogP contribution >= 0.6 is 11.3 Å². The molecular formula is C18H19NS. The quantitative estimate of drug-likeness (QED) is 0.736. The van der Waals surface area contributed by atoms with Gasteiger partial charge in [0.2, 0.25) is 0 Å². The maximum absolute atomic E-state index is 6.37. The molecule has 1 aromatic heterocycles. The summed E-state index contributed by atoms with van der Waals surface area (Å²) in [6, 6.07) is 17.3. The van der Waals surface area contributed by atoms with Gasteiger partial charge >= 0.3 is 0 Å². The van der Waals surface area contributed by atoms with E-state index < -0.39 is 0 Å². The van der Waals surface area contributed by atoms with Crippen molar-refractivity contribution in [3.05, 3.63) is 70.6 Å². The van der Waals surface area contributed by atoms with Gasteiger partial charge in [-0.3, -0.25) is 0 Å². The molecule has 2 aromatic carbocycles. The fraction of sp³-hybridized carbons (Fsp3) is 0.222. The van der Waals surface area contributed by atoms with Gasteiger partial charge in [0.25, 0.3) is 0 Å². The number of rotatable bonds is 4. The molecule has 3 rings (SSSR count). The summed E-state index contributed by atoms with van der Waals surface area (Å²) in [4.78, 5) is 0. The Morgan fingerprint density at radius 2 is 1.80 bits per heavy atom.